The lowest BCUT2D eigenvalue weighted by molar-refractivity contribution is -0.146. The topological polar surface area (TPSA) is 64.7 Å². The molecule has 6 heteroatoms. The Kier molecular flexibility index (Phi) is 8.42. The van der Waals surface area contributed by atoms with Gasteiger partial charge in [-0.1, -0.05) is 27.7 Å². The number of amides is 2. The third kappa shape index (κ3) is 7.22. The molecule has 0 aromatic rings. The highest BCUT2D eigenvalue weighted by Crippen LogP contribution is 2.04. The molecule has 0 aromatic heterocycles. The highest BCUT2D eigenvalue weighted by molar-refractivity contribution is 6.35. The molecule has 1 fully saturated rings. The van der Waals surface area contributed by atoms with Crippen LogP contribution < -0.4 is 10.6 Å². The molecule has 128 valence electrons. The van der Waals surface area contributed by atoms with Gasteiger partial charge in [0.15, 0.2) is 0 Å². The lowest BCUT2D eigenvalue weighted by atomic mass is 10.1. The van der Waals surface area contributed by atoms with E-state index in [0.717, 1.165) is 32.7 Å². The fourth-order valence-corrected chi connectivity index (χ4v) is 2.60. The number of piperazine rings is 1. The predicted octanol–water partition coefficient (Wildman–Crippen LogP) is 0.148. The first-order chi connectivity index (χ1) is 10.4. The summed E-state index contributed by atoms with van der Waals surface area (Å²) in [5.41, 5.74) is 0. The van der Waals surface area contributed by atoms with Crippen LogP contribution in [0.25, 0.3) is 0 Å². The van der Waals surface area contributed by atoms with Crippen LogP contribution in [0.1, 0.15) is 27.7 Å². The zero-order valence-electron chi connectivity index (χ0n) is 14.5. The Labute approximate surface area is 134 Å². The maximum atomic E-state index is 12.3. The van der Waals surface area contributed by atoms with Crippen molar-refractivity contribution >= 4 is 11.8 Å². The summed E-state index contributed by atoms with van der Waals surface area (Å²) in [6.45, 7) is 14.8. The van der Waals surface area contributed by atoms with Gasteiger partial charge in [0.2, 0.25) is 0 Å². The summed E-state index contributed by atoms with van der Waals surface area (Å²) >= 11 is 0. The first kappa shape index (κ1) is 18.9. The van der Waals surface area contributed by atoms with Gasteiger partial charge in [-0.3, -0.25) is 14.5 Å². The van der Waals surface area contributed by atoms with E-state index in [2.05, 4.69) is 43.2 Å². The van der Waals surface area contributed by atoms with Gasteiger partial charge in [-0.15, -0.1) is 0 Å². The molecule has 0 aromatic carbocycles. The summed E-state index contributed by atoms with van der Waals surface area (Å²) in [6.07, 6.45) is 0. The molecule has 2 N–H and O–H groups in total. The molecule has 0 saturated carbocycles. The molecule has 1 aliphatic rings. The van der Waals surface area contributed by atoms with E-state index in [-0.39, 0.29) is 0 Å². The molecule has 0 aliphatic carbocycles. The van der Waals surface area contributed by atoms with Crippen LogP contribution in [-0.4, -0.2) is 74.0 Å². The highest BCUT2D eigenvalue weighted by atomic mass is 16.2. The van der Waals surface area contributed by atoms with Gasteiger partial charge < -0.3 is 15.5 Å². The van der Waals surface area contributed by atoms with Gasteiger partial charge in [0, 0.05) is 52.4 Å². The Morgan fingerprint density at radius 1 is 1.09 bits per heavy atom. The molecule has 1 aliphatic heterocycles. The van der Waals surface area contributed by atoms with Crippen LogP contribution >= 0.6 is 0 Å². The first-order valence-electron chi connectivity index (χ1n) is 8.40. The number of carbonyl (C=O) groups excluding carboxylic acids is 2. The lowest BCUT2D eigenvalue weighted by Crippen LogP contribution is -2.49. The Balaban J connectivity index is 2.38. The largest absolute Gasteiger partial charge is 0.347 e. The SMILES string of the molecule is CC(C)CN(CC(C)C)C(=O)C(=O)NCCN1CCNCC1. The summed E-state index contributed by atoms with van der Waals surface area (Å²) in [7, 11) is 0. The van der Waals surface area contributed by atoms with Gasteiger partial charge in [0.25, 0.3) is 0 Å². The van der Waals surface area contributed by atoms with E-state index in [4.69, 9.17) is 0 Å². The Hall–Kier alpha value is -1.14. The van der Waals surface area contributed by atoms with Crippen molar-refractivity contribution in [3.63, 3.8) is 0 Å². The second-order valence-corrected chi connectivity index (χ2v) is 6.85. The van der Waals surface area contributed by atoms with Crippen LogP contribution in [0, 0.1) is 11.8 Å². The summed E-state index contributed by atoms with van der Waals surface area (Å²) in [6, 6.07) is 0. The van der Waals surface area contributed by atoms with E-state index in [1.807, 2.05) is 0 Å². The van der Waals surface area contributed by atoms with Crippen molar-refractivity contribution < 1.29 is 9.59 Å². The minimum absolute atomic E-state index is 0.358. The number of nitrogens with one attached hydrogen (secondary N) is 2. The third-order valence-electron chi connectivity index (χ3n) is 3.58. The predicted molar refractivity (Wildman–Crippen MR) is 88.6 cm³/mol. The van der Waals surface area contributed by atoms with E-state index in [0.29, 0.717) is 31.5 Å². The molecule has 1 rings (SSSR count). The van der Waals surface area contributed by atoms with Gasteiger partial charge >= 0.3 is 11.8 Å². The molecule has 0 atom stereocenters. The number of nitrogens with zero attached hydrogens (tertiary/aromatic N) is 2. The van der Waals surface area contributed by atoms with Crippen LogP contribution in [0.2, 0.25) is 0 Å². The Morgan fingerprint density at radius 2 is 1.64 bits per heavy atom. The van der Waals surface area contributed by atoms with E-state index >= 15 is 0 Å². The number of hydrogen-bond donors (Lipinski definition) is 2. The minimum Gasteiger partial charge on any atom is -0.347 e. The molecule has 0 unspecified atom stereocenters. The molecule has 2 amide bonds. The molecule has 1 heterocycles. The van der Waals surface area contributed by atoms with Gasteiger partial charge in [0.1, 0.15) is 0 Å². The van der Waals surface area contributed by atoms with E-state index in [1.165, 1.54) is 0 Å². The average Bonchev–Trinajstić information content (AvgIpc) is 2.45. The molecular formula is C16H32N4O2. The third-order valence-corrected chi connectivity index (χ3v) is 3.58. The van der Waals surface area contributed by atoms with Crippen molar-refractivity contribution in [2.75, 3.05) is 52.4 Å². The number of rotatable bonds is 7. The summed E-state index contributed by atoms with van der Waals surface area (Å²) in [5.74, 6) is -0.160. The molecule has 6 nitrogen and oxygen atoms in total. The van der Waals surface area contributed by atoms with Crippen molar-refractivity contribution in [2.24, 2.45) is 11.8 Å². The molecule has 0 radical (unpaired) electrons. The van der Waals surface area contributed by atoms with Crippen LogP contribution in [0.15, 0.2) is 0 Å². The molecule has 1 saturated heterocycles. The molecular weight excluding hydrogens is 280 g/mol. The standard InChI is InChI=1S/C16H32N4O2/c1-13(2)11-20(12-14(3)4)16(22)15(21)18-7-10-19-8-5-17-6-9-19/h13-14,17H,5-12H2,1-4H3,(H,18,21). The summed E-state index contributed by atoms with van der Waals surface area (Å²) in [5, 5.41) is 6.06. The summed E-state index contributed by atoms with van der Waals surface area (Å²) < 4.78 is 0. The van der Waals surface area contributed by atoms with Gasteiger partial charge in [-0.2, -0.15) is 0 Å². The fourth-order valence-electron chi connectivity index (χ4n) is 2.60. The Morgan fingerprint density at radius 3 is 2.14 bits per heavy atom. The highest BCUT2D eigenvalue weighted by Gasteiger charge is 2.23. The van der Waals surface area contributed by atoms with Crippen molar-refractivity contribution in [1.82, 2.24) is 20.4 Å². The van der Waals surface area contributed by atoms with Crippen molar-refractivity contribution in [2.45, 2.75) is 27.7 Å². The second kappa shape index (κ2) is 9.79. The molecule has 0 bridgehead atoms. The van der Waals surface area contributed by atoms with Gasteiger partial charge in [0.05, 0.1) is 0 Å². The fraction of sp³-hybridized carbons (Fsp3) is 0.875. The second-order valence-electron chi connectivity index (χ2n) is 6.85. The zero-order valence-corrected chi connectivity index (χ0v) is 14.5. The minimum atomic E-state index is -0.476. The average molecular weight is 312 g/mol. The van der Waals surface area contributed by atoms with Gasteiger partial charge in [-0.25, -0.2) is 0 Å². The van der Waals surface area contributed by atoms with Gasteiger partial charge in [-0.05, 0) is 11.8 Å². The summed E-state index contributed by atoms with van der Waals surface area (Å²) in [4.78, 5) is 28.3. The van der Waals surface area contributed by atoms with Crippen LogP contribution in [0.5, 0.6) is 0 Å². The monoisotopic (exact) mass is 312 g/mol. The molecule has 22 heavy (non-hydrogen) atoms. The van der Waals surface area contributed by atoms with E-state index < -0.39 is 11.8 Å². The Bertz CT molecular complexity index is 342. The van der Waals surface area contributed by atoms with Crippen LogP contribution in [0.3, 0.4) is 0 Å². The lowest BCUT2D eigenvalue weighted by Gasteiger charge is -2.28. The van der Waals surface area contributed by atoms with Crippen molar-refractivity contribution in [3.8, 4) is 0 Å². The molecule has 0 spiro atoms. The van der Waals surface area contributed by atoms with Crippen LogP contribution in [0.4, 0.5) is 0 Å². The smallest absolute Gasteiger partial charge is 0.311 e. The van der Waals surface area contributed by atoms with E-state index in [9.17, 15) is 9.59 Å². The van der Waals surface area contributed by atoms with Crippen LogP contribution in [-0.2, 0) is 9.59 Å². The zero-order chi connectivity index (χ0) is 16.5. The normalized spacial score (nSPS) is 16.1. The quantitative estimate of drug-likeness (QED) is 0.657. The van der Waals surface area contributed by atoms with Crippen molar-refractivity contribution in [1.29, 1.82) is 0 Å². The van der Waals surface area contributed by atoms with Crippen molar-refractivity contribution in [3.05, 3.63) is 0 Å². The maximum Gasteiger partial charge on any atom is 0.311 e. The number of hydrogen-bond acceptors (Lipinski definition) is 4. The first-order valence-corrected chi connectivity index (χ1v) is 8.40. The number of carbonyl (C=O) groups is 2. The van der Waals surface area contributed by atoms with E-state index in [1.54, 1.807) is 4.90 Å². The maximum absolute atomic E-state index is 12.3.